The molecule has 0 saturated carbocycles. The van der Waals surface area contributed by atoms with Crippen molar-refractivity contribution < 1.29 is 18.0 Å². The third-order valence-corrected chi connectivity index (χ3v) is 3.03. The Morgan fingerprint density at radius 3 is 2.82 bits per heavy atom. The fourth-order valence-electron chi connectivity index (χ4n) is 1.99. The van der Waals surface area contributed by atoms with Gasteiger partial charge in [-0.2, -0.15) is 18.3 Å². The average molecular weight is 306 g/mol. The molecule has 0 unspecified atom stereocenters. The number of amides is 1. The molecule has 0 spiro atoms. The Bertz CT molecular complexity index is 841. The molecule has 0 atom stereocenters. The van der Waals surface area contributed by atoms with Crippen LogP contribution in [0.15, 0.2) is 42.7 Å². The number of anilines is 1. The average Bonchev–Trinajstić information content (AvgIpc) is 2.90. The standard InChI is InChI=1S/C14H9F3N4O/c15-14(16,17)8-2-1-3-9(6-8)19-13(22)12-10-7-18-5-4-11(10)20-21-12/h1-7H,(H,19,22)(H,20,21). The molecule has 0 aliphatic carbocycles. The molecule has 3 rings (SSSR count). The van der Waals surface area contributed by atoms with Crippen LogP contribution in [0.4, 0.5) is 18.9 Å². The van der Waals surface area contributed by atoms with Crippen molar-refractivity contribution in [3.63, 3.8) is 0 Å². The molecule has 8 heteroatoms. The Morgan fingerprint density at radius 1 is 1.23 bits per heavy atom. The van der Waals surface area contributed by atoms with Gasteiger partial charge in [0.25, 0.3) is 5.91 Å². The van der Waals surface area contributed by atoms with Crippen LogP contribution in [0.2, 0.25) is 0 Å². The monoisotopic (exact) mass is 306 g/mol. The van der Waals surface area contributed by atoms with Gasteiger partial charge in [0.05, 0.1) is 16.5 Å². The number of hydrogen-bond donors (Lipinski definition) is 2. The fraction of sp³-hybridized carbons (Fsp3) is 0.0714. The number of aromatic nitrogens is 3. The summed E-state index contributed by atoms with van der Waals surface area (Å²) in [6.45, 7) is 0. The van der Waals surface area contributed by atoms with E-state index in [1.54, 1.807) is 6.07 Å². The number of alkyl halides is 3. The van der Waals surface area contributed by atoms with E-state index in [1.165, 1.54) is 24.5 Å². The van der Waals surface area contributed by atoms with Gasteiger partial charge in [-0.25, -0.2) is 0 Å². The van der Waals surface area contributed by atoms with E-state index in [4.69, 9.17) is 0 Å². The third kappa shape index (κ3) is 2.62. The molecule has 0 fully saturated rings. The highest BCUT2D eigenvalue weighted by Gasteiger charge is 2.30. The van der Waals surface area contributed by atoms with Crippen LogP contribution in [0.1, 0.15) is 16.1 Å². The molecule has 0 aliphatic rings. The molecule has 5 nitrogen and oxygen atoms in total. The first-order chi connectivity index (χ1) is 10.4. The predicted octanol–water partition coefficient (Wildman–Crippen LogP) is 3.23. The SMILES string of the molecule is O=C(Nc1cccc(C(F)(F)F)c1)c1n[nH]c2ccncc12. The summed E-state index contributed by atoms with van der Waals surface area (Å²) in [5.41, 5.74) is -0.108. The number of nitrogens with one attached hydrogen (secondary N) is 2. The van der Waals surface area contributed by atoms with Gasteiger partial charge in [0.2, 0.25) is 0 Å². The summed E-state index contributed by atoms with van der Waals surface area (Å²) in [4.78, 5) is 16.0. The molecule has 2 aromatic heterocycles. The summed E-state index contributed by atoms with van der Waals surface area (Å²) in [6.07, 6.45) is -1.47. The van der Waals surface area contributed by atoms with E-state index in [2.05, 4.69) is 20.5 Å². The maximum absolute atomic E-state index is 12.6. The van der Waals surface area contributed by atoms with Gasteiger partial charge < -0.3 is 5.32 Å². The third-order valence-electron chi connectivity index (χ3n) is 3.03. The Labute approximate surface area is 122 Å². The molecule has 112 valence electrons. The van der Waals surface area contributed by atoms with Crippen LogP contribution in [0.5, 0.6) is 0 Å². The maximum Gasteiger partial charge on any atom is 0.416 e. The first kappa shape index (κ1) is 14.1. The predicted molar refractivity (Wildman–Crippen MR) is 73.3 cm³/mol. The minimum Gasteiger partial charge on any atom is -0.321 e. The highest BCUT2D eigenvalue weighted by molar-refractivity contribution is 6.10. The quantitative estimate of drug-likeness (QED) is 0.763. The first-order valence-electron chi connectivity index (χ1n) is 6.22. The van der Waals surface area contributed by atoms with E-state index in [0.29, 0.717) is 10.9 Å². The summed E-state index contributed by atoms with van der Waals surface area (Å²) >= 11 is 0. The van der Waals surface area contributed by atoms with E-state index in [9.17, 15) is 18.0 Å². The van der Waals surface area contributed by atoms with Crippen molar-refractivity contribution in [3.8, 4) is 0 Å². The number of carbonyl (C=O) groups is 1. The zero-order chi connectivity index (χ0) is 15.7. The number of pyridine rings is 1. The lowest BCUT2D eigenvalue weighted by atomic mass is 10.2. The number of H-pyrrole nitrogens is 1. The normalized spacial score (nSPS) is 11.6. The molecule has 0 bridgehead atoms. The van der Waals surface area contributed by atoms with Gasteiger partial charge >= 0.3 is 6.18 Å². The molecular formula is C14H9F3N4O. The van der Waals surface area contributed by atoms with Crippen molar-refractivity contribution in [3.05, 3.63) is 54.0 Å². The molecular weight excluding hydrogens is 297 g/mol. The lowest BCUT2D eigenvalue weighted by Gasteiger charge is -2.09. The minimum absolute atomic E-state index is 0.0415. The van der Waals surface area contributed by atoms with Crippen LogP contribution in [0.3, 0.4) is 0 Å². The van der Waals surface area contributed by atoms with Crippen LogP contribution in [0.25, 0.3) is 10.9 Å². The highest BCUT2D eigenvalue weighted by Crippen LogP contribution is 2.30. The number of aromatic amines is 1. The number of carbonyl (C=O) groups excluding carboxylic acids is 1. The zero-order valence-electron chi connectivity index (χ0n) is 11.0. The number of halogens is 3. The summed E-state index contributed by atoms with van der Waals surface area (Å²) in [5.74, 6) is -0.612. The molecule has 3 aromatic rings. The van der Waals surface area contributed by atoms with Crippen LogP contribution in [0, 0.1) is 0 Å². The van der Waals surface area contributed by atoms with Gasteiger partial charge in [-0.3, -0.25) is 14.9 Å². The van der Waals surface area contributed by atoms with Crippen LogP contribution in [-0.2, 0) is 6.18 Å². The van der Waals surface area contributed by atoms with Gasteiger partial charge in [-0.05, 0) is 24.3 Å². The fourth-order valence-corrected chi connectivity index (χ4v) is 1.99. The number of hydrogen-bond acceptors (Lipinski definition) is 3. The molecule has 22 heavy (non-hydrogen) atoms. The highest BCUT2D eigenvalue weighted by atomic mass is 19.4. The van der Waals surface area contributed by atoms with Crippen molar-refractivity contribution >= 4 is 22.5 Å². The summed E-state index contributed by atoms with van der Waals surface area (Å²) in [5, 5.41) is 9.42. The Kier molecular flexibility index (Phi) is 3.28. The van der Waals surface area contributed by atoms with Gasteiger partial charge in [0, 0.05) is 18.1 Å². The van der Waals surface area contributed by atoms with Crippen LogP contribution >= 0.6 is 0 Å². The number of benzene rings is 1. The Morgan fingerprint density at radius 2 is 2.05 bits per heavy atom. The molecule has 0 radical (unpaired) electrons. The van der Waals surface area contributed by atoms with Crippen LogP contribution < -0.4 is 5.32 Å². The lowest BCUT2D eigenvalue weighted by molar-refractivity contribution is -0.137. The van der Waals surface area contributed by atoms with Crippen molar-refractivity contribution in [1.82, 2.24) is 15.2 Å². The first-order valence-corrected chi connectivity index (χ1v) is 6.22. The second-order valence-electron chi connectivity index (χ2n) is 4.53. The van der Waals surface area contributed by atoms with Crippen molar-refractivity contribution in [2.24, 2.45) is 0 Å². The number of rotatable bonds is 2. The molecule has 1 aromatic carbocycles. The van der Waals surface area contributed by atoms with E-state index in [-0.39, 0.29) is 11.4 Å². The topological polar surface area (TPSA) is 70.7 Å². The molecule has 0 saturated heterocycles. The van der Waals surface area contributed by atoms with Gasteiger partial charge in [-0.1, -0.05) is 6.07 Å². The molecule has 2 heterocycles. The molecule has 2 N–H and O–H groups in total. The van der Waals surface area contributed by atoms with Gasteiger partial charge in [-0.15, -0.1) is 0 Å². The zero-order valence-corrected chi connectivity index (χ0v) is 11.0. The lowest BCUT2D eigenvalue weighted by Crippen LogP contribution is -2.14. The van der Waals surface area contributed by atoms with E-state index in [1.807, 2.05) is 0 Å². The van der Waals surface area contributed by atoms with Crippen LogP contribution in [-0.4, -0.2) is 21.1 Å². The number of nitrogens with zero attached hydrogens (tertiary/aromatic N) is 2. The summed E-state index contributed by atoms with van der Waals surface area (Å²) in [6, 6.07) is 6.04. The second kappa shape index (κ2) is 5.14. The van der Waals surface area contributed by atoms with Crippen molar-refractivity contribution in [1.29, 1.82) is 0 Å². The Balaban J connectivity index is 1.89. The smallest absolute Gasteiger partial charge is 0.321 e. The van der Waals surface area contributed by atoms with Gasteiger partial charge in [0.1, 0.15) is 0 Å². The van der Waals surface area contributed by atoms with Crippen molar-refractivity contribution in [2.45, 2.75) is 6.18 Å². The molecule has 0 aliphatic heterocycles. The largest absolute Gasteiger partial charge is 0.416 e. The second-order valence-corrected chi connectivity index (χ2v) is 4.53. The van der Waals surface area contributed by atoms with E-state index < -0.39 is 17.6 Å². The minimum atomic E-state index is -4.47. The van der Waals surface area contributed by atoms with Crippen molar-refractivity contribution in [2.75, 3.05) is 5.32 Å². The summed E-state index contributed by atoms with van der Waals surface area (Å²) in [7, 11) is 0. The summed E-state index contributed by atoms with van der Waals surface area (Å²) < 4.78 is 37.9. The maximum atomic E-state index is 12.6. The van der Waals surface area contributed by atoms with Gasteiger partial charge in [0.15, 0.2) is 5.69 Å². The Hall–Kier alpha value is -2.90. The van der Waals surface area contributed by atoms with E-state index in [0.717, 1.165) is 12.1 Å². The number of fused-ring (bicyclic) bond motifs is 1. The van der Waals surface area contributed by atoms with E-state index >= 15 is 0 Å². The molecule has 1 amide bonds.